The van der Waals surface area contributed by atoms with Gasteiger partial charge in [0.15, 0.2) is 0 Å². The fourth-order valence-corrected chi connectivity index (χ4v) is 2.31. The molecule has 0 saturated carbocycles. The average molecular weight is 335 g/mol. The Hall–Kier alpha value is -1.88. The van der Waals surface area contributed by atoms with Crippen LogP contribution < -0.4 is 0 Å². The van der Waals surface area contributed by atoms with Crippen molar-refractivity contribution in [1.29, 1.82) is 0 Å². The number of carbonyl (C=O) groups excluding carboxylic acids is 2. The number of unbranched alkanes of at least 4 members (excludes halogenated alkanes) is 2. The van der Waals surface area contributed by atoms with Gasteiger partial charge in [0.25, 0.3) is 0 Å². The van der Waals surface area contributed by atoms with Crippen molar-refractivity contribution < 1.29 is 19.1 Å². The lowest BCUT2D eigenvalue weighted by atomic mass is 10.1. The highest BCUT2D eigenvalue weighted by molar-refractivity contribution is 5.71. The van der Waals surface area contributed by atoms with Gasteiger partial charge >= 0.3 is 6.09 Å². The number of nitrogens with zero attached hydrogens (tertiary/aromatic N) is 1. The van der Waals surface area contributed by atoms with Crippen LogP contribution in [0.5, 0.6) is 0 Å². The number of aldehydes is 1. The number of rotatable bonds is 11. The summed E-state index contributed by atoms with van der Waals surface area (Å²) in [6, 6.07) is 9.46. The van der Waals surface area contributed by atoms with Crippen molar-refractivity contribution in [3.05, 3.63) is 35.9 Å². The highest BCUT2D eigenvalue weighted by Crippen LogP contribution is 2.14. The van der Waals surface area contributed by atoms with E-state index in [1.165, 1.54) is 4.90 Å². The van der Waals surface area contributed by atoms with Crippen LogP contribution in [0, 0.1) is 0 Å². The fourth-order valence-electron chi connectivity index (χ4n) is 2.31. The molecular weight excluding hydrogens is 306 g/mol. The van der Waals surface area contributed by atoms with Gasteiger partial charge in [0, 0.05) is 6.61 Å². The van der Waals surface area contributed by atoms with Crippen LogP contribution in [0.3, 0.4) is 0 Å². The number of hydrogen-bond acceptors (Lipinski definition) is 4. The maximum absolute atomic E-state index is 12.2. The fraction of sp³-hybridized carbons (Fsp3) is 0.579. The zero-order chi connectivity index (χ0) is 17.8. The summed E-state index contributed by atoms with van der Waals surface area (Å²) in [5, 5.41) is 0. The van der Waals surface area contributed by atoms with Gasteiger partial charge in [-0.15, -0.1) is 0 Å². The van der Waals surface area contributed by atoms with E-state index in [9.17, 15) is 9.59 Å². The van der Waals surface area contributed by atoms with Crippen molar-refractivity contribution >= 4 is 12.4 Å². The van der Waals surface area contributed by atoms with E-state index in [1.54, 1.807) is 0 Å². The Balaban J connectivity index is 2.51. The lowest BCUT2D eigenvalue weighted by Gasteiger charge is -2.31. The van der Waals surface area contributed by atoms with Crippen molar-refractivity contribution in [3.8, 4) is 0 Å². The van der Waals surface area contributed by atoms with Crippen LogP contribution in [0.15, 0.2) is 30.3 Å². The summed E-state index contributed by atoms with van der Waals surface area (Å²) in [7, 11) is 0. The summed E-state index contributed by atoms with van der Waals surface area (Å²) in [6.45, 7) is 7.12. The van der Waals surface area contributed by atoms with Gasteiger partial charge in [-0.3, -0.25) is 4.90 Å². The predicted molar refractivity (Wildman–Crippen MR) is 93.8 cm³/mol. The van der Waals surface area contributed by atoms with E-state index in [1.807, 2.05) is 44.2 Å². The first-order valence-corrected chi connectivity index (χ1v) is 8.51. The Kier molecular flexibility index (Phi) is 9.08. The van der Waals surface area contributed by atoms with E-state index in [4.69, 9.17) is 9.47 Å². The molecule has 0 spiro atoms. The van der Waals surface area contributed by atoms with Crippen LogP contribution in [-0.4, -0.2) is 42.6 Å². The Morgan fingerprint density at radius 2 is 1.92 bits per heavy atom. The summed E-state index contributed by atoms with van der Waals surface area (Å²) in [4.78, 5) is 24.5. The standard InChI is InChI=1S/C19H29NO4/c1-4-5-9-14-24-19(2,3)16-20(12-13-21)18(22)23-15-17-10-7-6-8-11-17/h6-8,10-11,13H,4-5,9,12,14-16H2,1-3H3. The largest absolute Gasteiger partial charge is 0.445 e. The van der Waals surface area contributed by atoms with E-state index in [0.29, 0.717) is 19.4 Å². The van der Waals surface area contributed by atoms with Gasteiger partial charge in [-0.05, 0) is 25.8 Å². The highest BCUT2D eigenvalue weighted by atomic mass is 16.6. The molecule has 134 valence electrons. The zero-order valence-corrected chi connectivity index (χ0v) is 15.0. The third-order valence-corrected chi connectivity index (χ3v) is 3.57. The molecule has 0 atom stereocenters. The van der Waals surface area contributed by atoms with Crippen molar-refractivity contribution in [3.63, 3.8) is 0 Å². The molecule has 0 aliphatic heterocycles. The maximum atomic E-state index is 12.2. The topological polar surface area (TPSA) is 55.8 Å². The van der Waals surface area contributed by atoms with Crippen LogP contribution >= 0.6 is 0 Å². The Bertz CT molecular complexity index is 487. The monoisotopic (exact) mass is 335 g/mol. The third-order valence-electron chi connectivity index (χ3n) is 3.57. The van der Waals surface area contributed by atoms with Crippen molar-refractivity contribution in [2.24, 2.45) is 0 Å². The summed E-state index contributed by atoms with van der Waals surface area (Å²) >= 11 is 0. The first-order valence-electron chi connectivity index (χ1n) is 8.51. The van der Waals surface area contributed by atoms with Crippen LogP contribution in [0.25, 0.3) is 0 Å². The molecule has 0 aliphatic rings. The molecule has 0 aromatic heterocycles. The van der Waals surface area contributed by atoms with Gasteiger partial charge in [0.2, 0.25) is 0 Å². The minimum absolute atomic E-state index is 0.00459. The average Bonchev–Trinajstić information content (AvgIpc) is 2.57. The molecule has 0 aliphatic carbocycles. The molecule has 0 saturated heterocycles. The lowest BCUT2D eigenvalue weighted by molar-refractivity contribution is -0.109. The third kappa shape index (κ3) is 8.11. The molecule has 1 aromatic rings. The second-order valence-electron chi connectivity index (χ2n) is 6.40. The van der Waals surface area contributed by atoms with Crippen molar-refractivity contribution in [1.82, 2.24) is 4.90 Å². The molecule has 0 bridgehead atoms. The van der Waals surface area contributed by atoms with E-state index >= 15 is 0 Å². The summed E-state index contributed by atoms with van der Waals surface area (Å²) < 4.78 is 11.2. The number of benzene rings is 1. The predicted octanol–water partition coefficient (Wildman–Crippen LogP) is 3.81. The molecule has 1 rings (SSSR count). The van der Waals surface area contributed by atoms with Crippen LogP contribution in [0.2, 0.25) is 0 Å². The van der Waals surface area contributed by atoms with E-state index in [-0.39, 0.29) is 13.2 Å². The minimum atomic E-state index is -0.525. The molecule has 5 heteroatoms. The zero-order valence-electron chi connectivity index (χ0n) is 15.0. The van der Waals surface area contributed by atoms with Gasteiger partial charge in [0.1, 0.15) is 12.9 Å². The van der Waals surface area contributed by atoms with Gasteiger partial charge in [-0.2, -0.15) is 0 Å². The Labute approximate surface area is 144 Å². The molecule has 24 heavy (non-hydrogen) atoms. The van der Waals surface area contributed by atoms with E-state index in [2.05, 4.69) is 6.92 Å². The maximum Gasteiger partial charge on any atom is 0.410 e. The molecule has 0 heterocycles. The number of carbonyl (C=O) groups is 2. The number of ether oxygens (including phenoxy) is 2. The molecule has 0 unspecified atom stereocenters. The smallest absolute Gasteiger partial charge is 0.410 e. The quantitative estimate of drug-likeness (QED) is 0.456. The number of amides is 1. The lowest BCUT2D eigenvalue weighted by Crippen LogP contribution is -2.45. The highest BCUT2D eigenvalue weighted by Gasteiger charge is 2.26. The SMILES string of the molecule is CCCCCOC(C)(C)CN(CC=O)C(=O)OCc1ccccc1. The molecule has 5 nitrogen and oxygen atoms in total. The minimum Gasteiger partial charge on any atom is -0.445 e. The van der Waals surface area contributed by atoms with Gasteiger partial charge in [-0.25, -0.2) is 4.79 Å². The van der Waals surface area contributed by atoms with Crippen LogP contribution in [0.1, 0.15) is 45.6 Å². The van der Waals surface area contributed by atoms with Gasteiger partial charge in [0.05, 0.1) is 18.7 Å². The van der Waals surface area contributed by atoms with Crippen molar-refractivity contribution in [2.75, 3.05) is 19.7 Å². The van der Waals surface area contributed by atoms with Gasteiger partial charge < -0.3 is 14.3 Å². The van der Waals surface area contributed by atoms with Crippen LogP contribution in [-0.2, 0) is 20.9 Å². The normalized spacial score (nSPS) is 11.1. The van der Waals surface area contributed by atoms with Gasteiger partial charge in [-0.1, -0.05) is 50.1 Å². The summed E-state index contributed by atoms with van der Waals surface area (Å²) in [5.74, 6) is 0. The molecule has 0 radical (unpaired) electrons. The van der Waals surface area contributed by atoms with Crippen LogP contribution in [0.4, 0.5) is 4.79 Å². The molecule has 0 N–H and O–H groups in total. The summed E-state index contributed by atoms with van der Waals surface area (Å²) in [5.41, 5.74) is 0.384. The van der Waals surface area contributed by atoms with E-state index < -0.39 is 11.7 Å². The van der Waals surface area contributed by atoms with Crippen molar-refractivity contribution in [2.45, 2.75) is 52.2 Å². The first kappa shape index (κ1) is 20.2. The molecule has 1 aromatic carbocycles. The summed E-state index contributed by atoms with van der Waals surface area (Å²) in [6.07, 6.45) is 3.44. The first-order chi connectivity index (χ1) is 11.5. The Morgan fingerprint density at radius 3 is 2.54 bits per heavy atom. The molecule has 1 amide bonds. The van der Waals surface area contributed by atoms with E-state index in [0.717, 1.165) is 24.8 Å². The Morgan fingerprint density at radius 1 is 1.21 bits per heavy atom. The molecule has 0 fully saturated rings. The molecular formula is C19H29NO4. The second-order valence-corrected chi connectivity index (χ2v) is 6.40. The second kappa shape index (κ2) is 10.8. The number of hydrogen-bond donors (Lipinski definition) is 0.